The molecule has 7 heteroatoms. The van der Waals surface area contributed by atoms with E-state index in [-0.39, 0.29) is 18.1 Å². The summed E-state index contributed by atoms with van der Waals surface area (Å²) in [4.78, 5) is 6.01. The van der Waals surface area contributed by atoms with E-state index in [0.29, 0.717) is 30.1 Å². The van der Waals surface area contributed by atoms with E-state index in [9.17, 15) is 5.11 Å². The summed E-state index contributed by atoms with van der Waals surface area (Å²) in [6.45, 7) is 5.63. The highest BCUT2D eigenvalue weighted by Crippen LogP contribution is 2.65. The Kier molecular flexibility index (Phi) is 7.32. The lowest BCUT2D eigenvalue weighted by Crippen LogP contribution is -2.54. The van der Waals surface area contributed by atoms with Crippen molar-refractivity contribution in [3.8, 4) is 0 Å². The average molecular weight is 461 g/mol. The Balaban J connectivity index is 0.000000185. The van der Waals surface area contributed by atoms with Crippen LogP contribution in [0.3, 0.4) is 0 Å². The Morgan fingerprint density at radius 3 is 2.55 bits per heavy atom. The SMILES string of the molecule is CN(C)Cc1noc(CCO)n1.C[C@]12CCC(=N)CC1CCC1C2CC[C@@]2(C)C1CC[C@@H]2O. The number of nitrogens with one attached hydrogen (secondary N) is 1. The molecule has 4 saturated carbocycles. The van der Waals surface area contributed by atoms with Crippen LogP contribution < -0.4 is 0 Å². The molecule has 0 radical (unpaired) electrons. The summed E-state index contributed by atoms with van der Waals surface area (Å²) in [5, 5.41) is 30.9. The minimum Gasteiger partial charge on any atom is -0.396 e. The number of aliphatic hydroxyl groups excluding tert-OH is 2. The van der Waals surface area contributed by atoms with Crippen LogP contribution in [0.4, 0.5) is 0 Å². The van der Waals surface area contributed by atoms with Gasteiger partial charge in [-0.3, -0.25) is 0 Å². The Labute approximate surface area is 198 Å². The largest absolute Gasteiger partial charge is 0.396 e. The molecule has 1 heterocycles. The molecule has 7 atom stereocenters. The van der Waals surface area contributed by atoms with Gasteiger partial charge < -0.3 is 25.0 Å². The molecule has 3 N–H and O–H groups in total. The third kappa shape index (κ3) is 4.78. The van der Waals surface area contributed by atoms with Crippen molar-refractivity contribution < 1.29 is 14.7 Å². The van der Waals surface area contributed by atoms with Gasteiger partial charge in [-0.1, -0.05) is 19.0 Å². The summed E-state index contributed by atoms with van der Waals surface area (Å²) in [7, 11) is 3.87. The fraction of sp³-hybridized carbons (Fsp3) is 0.885. The lowest BCUT2D eigenvalue weighted by atomic mass is 9.45. The first-order valence-corrected chi connectivity index (χ1v) is 13.0. The normalized spacial score (nSPS) is 40.0. The number of aromatic nitrogens is 2. The monoisotopic (exact) mass is 460 g/mol. The summed E-state index contributed by atoms with van der Waals surface area (Å²) in [6.07, 6.45) is 11.3. The maximum absolute atomic E-state index is 10.5. The van der Waals surface area contributed by atoms with Crippen molar-refractivity contribution in [1.82, 2.24) is 15.0 Å². The predicted molar refractivity (Wildman–Crippen MR) is 128 cm³/mol. The molecule has 4 fully saturated rings. The van der Waals surface area contributed by atoms with E-state index in [1.54, 1.807) is 0 Å². The highest BCUT2D eigenvalue weighted by molar-refractivity contribution is 5.82. The van der Waals surface area contributed by atoms with E-state index in [1.807, 2.05) is 19.0 Å². The molecule has 1 aromatic heterocycles. The summed E-state index contributed by atoms with van der Waals surface area (Å²) >= 11 is 0. The van der Waals surface area contributed by atoms with Gasteiger partial charge in [-0.15, -0.1) is 0 Å². The molecule has 0 aliphatic heterocycles. The lowest BCUT2D eigenvalue weighted by molar-refractivity contribution is -0.112. The molecule has 4 unspecified atom stereocenters. The molecule has 0 amide bonds. The first-order chi connectivity index (χ1) is 15.7. The molecule has 0 bridgehead atoms. The molecule has 4 aliphatic rings. The number of nitrogens with zero attached hydrogens (tertiary/aromatic N) is 3. The molecule has 7 nitrogen and oxygen atoms in total. The molecule has 33 heavy (non-hydrogen) atoms. The molecule has 0 saturated heterocycles. The van der Waals surface area contributed by atoms with Crippen LogP contribution in [0.2, 0.25) is 0 Å². The fourth-order valence-electron chi connectivity index (χ4n) is 7.89. The van der Waals surface area contributed by atoms with Crippen LogP contribution in [-0.4, -0.2) is 57.8 Å². The zero-order valence-corrected chi connectivity index (χ0v) is 21.0. The molecule has 1 aromatic rings. The van der Waals surface area contributed by atoms with E-state index >= 15 is 0 Å². The third-order valence-corrected chi connectivity index (χ3v) is 9.77. The third-order valence-electron chi connectivity index (χ3n) is 9.77. The number of fused-ring (bicyclic) bond motifs is 5. The quantitative estimate of drug-likeness (QED) is 0.625. The summed E-state index contributed by atoms with van der Waals surface area (Å²) < 4.78 is 4.86. The second-order valence-corrected chi connectivity index (χ2v) is 11.9. The Morgan fingerprint density at radius 2 is 1.82 bits per heavy atom. The van der Waals surface area contributed by atoms with Gasteiger partial charge >= 0.3 is 0 Å². The highest BCUT2D eigenvalue weighted by atomic mass is 16.5. The minimum absolute atomic E-state index is 0.0452. The van der Waals surface area contributed by atoms with Crippen LogP contribution in [0.5, 0.6) is 0 Å². The summed E-state index contributed by atoms with van der Waals surface area (Å²) in [6, 6.07) is 0. The average Bonchev–Trinajstić information content (AvgIpc) is 3.32. The van der Waals surface area contributed by atoms with Gasteiger partial charge in [-0.05, 0) is 106 Å². The van der Waals surface area contributed by atoms with Crippen molar-refractivity contribution in [3.05, 3.63) is 11.7 Å². The van der Waals surface area contributed by atoms with Gasteiger partial charge in [-0.2, -0.15) is 4.98 Å². The van der Waals surface area contributed by atoms with E-state index < -0.39 is 0 Å². The molecule has 4 aliphatic carbocycles. The second kappa shape index (κ2) is 9.74. The van der Waals surface area contributed by atoms with Crippen LogP contribution >= 0.6 is 0 Å². The topological polar surface area (TPSA) is 106 Å². The van der Waals surface area contributed by atoms with E-state index in [1.165, 1.54) is 38.5 Å². The highest BCUT2D eigenvalue weighted by Gasteiger charge is 2.59. The maximum Gasteiger partial charge on any atom is 0.229 e. The standard InChI is InChI=1S/C19H31NO.C7H13N3O2/c1-18-9-7-13(20)11-12(18)3-4-14-15-5-6-17(21)19(15,2)10-8-16(14)18;1-10(2)5-6-8-7(3-4-11)12-9-6/h12,14-17,20-21H,3-11H2,1-2H3;11H,3-5H2,1-2H3/t12?,14?,15?,16?,17-,18-,19-;/m0./s1. The first kappa shape index (κ1) is 24.8. The Bertz CT molecular complexity index is 826. The molecule has 5 rings (SSSR count). The van der Waals surface area contributed by atoms with E-state index in [4.69, 9.17) is 15.0 Å². The predicted octanol–water partition coefficient (Wildman–Crippen LogP) is 4.08. The molecular formula is C26H44N4O3. The molecule has 186 valence electrons. The summed E-state index contributed by atoms with van der Waals surface area (Å²) in [5.41, 5.74) is 1.71. The zero-order valence-electron chi connectivity index (χ0n) is 21.0. The molecule has 0 aromatic carbocycles. The second-order valence-electron chi connectivity index (χ2n) is 11.9. The van der Waals surface area contributed by atoms with E-state index in [2.05, 4.69) is 24.0 Å². The fourth-order valence-corrected chi connectivity index (χ4v) is 7.89. The van der Waals surface area contributed by atoms with Crippen LogP contribution in [0.1, 0.15) is 83.3 Å². The van der Waals surface area contributed by atoms with Gasteiger partial charge in [0.1, 0.15) is 0 Å². The van der Waals surface area contributed by atoms with Crippen LogP contribution in [-0.2, 0) is 13.0 Å². The minimum atomic E-state index is -0.0477. The van der Waals surface area contributed by atoms with Crippen molar-refractivity contribution in [1.29, 1.82) is 5.41 Å². The smallest absolute Gasteiger partial charge is 0.229 e. The first-order valence-electron chi connectivity index (χ1n) is 13.0. The van der Waals surface area contributed by atoms with Gasteiger partial charge in [0, 0.05) is 5.71 Å². The van der Waals surface area contributed by atoms with Gasteiger partial charge in [-0.25, -0.2) is 0 Å². The number of rotatable bonds is 4. The number of hydrogen-bond donors (Lipinski definition) is 3. The van der Waals surface area contributed by atoms with E-state index in [0.717, 1.165) is 48.6 Å². The van der Waals surface area contributed by atoms with Gasteiger partial charge in [0.05, 0.1) is 25.7 Å². The summed E-state index contributed by atoms with van der Waals surface area (Å²) in [5.74, 6) is 4.42. The van der Waals surface area contributed by atoms with Crippen LogP contribution in [0, 0.1) is 39.9 Å². The van der Waals surface area contributed by atoms with Crippen LogP contribution in [0.15, 0.2) is 4.52 Å². The Hall–Kier alpha value is -1.31. The molecular weight excluding hydrogens is 416 g/mol. The van der Waals surface area contributed by atoms with Gasteiger partial charge in [0.2, 0.25) is 5.89 Å². The lowest BCUT2D eigenvalue weighted by Gasteiger charge is -2.60. The van der Waals surface area contributed by atoms with Gasteiger partial charge in [0.25, 0.3) is 0 Å². The Morgan fingerprint density at radius 1 is 1.06 bits per heavy atom. The zero-order chi connectivity index (χ0) is 23.8. The molecule has 0 spiro atoms. The van der Waals surface area contributed by atoms with Crippen molar-refractivity contribution in [2.24, 2.45) is 34.5 Å². The van der Waals surface area contributed by atoms with Crippen molar-refractivity contribution in [2.45, 2.75) is 90.7 Å². The number of aliphatic hydroxyl groups is 2. The van der Waals surface area contributed by atoms with Gasteiger partial charge in [0.15, 0.2) is 5.82 Å². The van der Waals surface area contributed by atoms with Crippen molar-refractivity contribution >= 4 is 5.71 Å². The van der Waals surface area contributed by atoms with Crippen LogP contribution in [0.25, 0.3) is 0 Å². The van der Waals surface area contributed by atoms with Crippen molar-refractivity contribution in [2.75, 3.05) is 20.7 Å². The number of hydrogen-bond acceptors (Lipinski definition) is 7. The van der Waals surface area contributed by atoms with Crippen molar-refractivity contribution in [3.63, 3.8) is 0 Å². The maximum atomic E-state index is 10.5.